The number of ketones is 2. The number of fused-ring (bicyclic) bond motifs is 2. The molecule has 0 amide bonds. The number of benzene rings is 4. The topological polar surface area (TPSA) is 153 Å². The number of nitrogens with one attached hydrogen (secondary N) is 2. The van der Waals surface area contributed by atoms with Crippen LogP contribution in [0.5, 0.6) is 0 Å². The summed E-state index contributed by atoms with van der Waals surface area (Å²) in [6.07, 6.45) is 0. The molecular formula is C38H36Cl2N2O8S2. The van der Waals surface area contributed by atoms with Gasteiger partial charge in [0.15, 0.2) is 11.6 Å². The van der Waals surface area contributed by atoms with Gasteiger partial charge in [-0.2, -0.15) is 0 Å². The van der Waals surface area contributed by atoms with E-state index in [0.717, 1.165) is 11.1 Å². The summed E-state index contributed by atoms with van der Waals surface area (Å²) in [6, 6.07) is 16.2. The first-order valence-electron chi connectivity index (χ1n) is 15.9. The molecular weight excluding hydrogens is 747 g/mol. The van der Waals surface area contributed by atoms with Gasteiger partial charge in [-0.25, -0.2) is 16.8 Å². The van der Waals surface area contributed by atoms with Crippen molar-refractivity contribution in [1.29, 1.82) is 0 Å². The first-order chi connectivity index (χ1) is 24.2. The Balaban J connectivity index is 0.000000202. The third kappa shape index (κ3) is 7.75. The van der Waals surface area contributed by atoms with Gasteiger partial charge in [-0.15, -0.1) is 0 Å². The number of furan rings is 2. The summed E-state index contributed by atoms with van der Waals surface area (Å²) in [5.74, 6) is 0.620. The molecule has 10 nitrogen and oxygen atoms in total. The van der Waals surface area contributed by atoms with Crippen molar-refractivity contribution in [3.8, 4) is 0 Å². The Morgan fingerprint density at radius 2 is 0.981 bits per heavy atom. The van der Waals surface area contributed by atoms with Gasteiger partial charge in [0, 0.05) is 22.9 Å². The zero-order valence-corrected chi connectivity index (χ0v) is 32.8. The summed E-state index contributed by atoms with van der Waals surface area (Å²) in [4.78, 5) is 24.1. The predicted octanol–water partition coefficient (Wildman–Crippen LogP) is 10.0. The Kier molecular flexibility index (Phi) is 10.7. The van der Waals surface area contributed by atoms with E-state index in [9.17, 15) is 26.4 Å². The van der Waals surface area contributed by atoms with Gasteiger partial charge < -0.3 is 8.83 Å². The zero-order chi connectivity index (χ0) is 38.4. The van der Waals surface area contributed by atoms with Crippen LogP contribution in [-0.2, 0) is 20.0 Å². The van der Waals surface area contributed by atoms with Crippen molar-refractivity contribution in [2.45, 2.75) is 65.2 Å². The molecule has 0 fully saturated rings. The van der Waals surface area contributed by atoms with Crippen LogP contribution < -0.4 is 9.44 Å². The molecule has 4 aromatic carbocycles. The molecule has 0 saturated heterocycles. The van der Waals surface area contributed by atoms with E-state index in [4.69, 9.17) is 32.0 Å². The van der Waals surface area contributed by atoms with E-state index in [1.807, 2.05) is 26.0 Å². The average molecular weight is 784 g/mol. The highest BCUT2D eigenvalue weighted by atomic mass is 35.5. The molecule has 6 rings (SSSR count). The van der Waals surface area contributed by atoms with E-state index >= 15 is 0 Å². The Morgan fingerprint density at radius 1 is 0.577 bits per heavy atom. The number of anilines is 2. The van der Waals surface area contributed by atoms with Crippen LogP contribution in [0.1, 0.15) is 68.3 Å². The lowest BCUT2D eigenvalue weighted by Crippen LogP contribution is -2.16. The second kappa shape index (κ2) is 14.4. The van der Waals surface area contributed by atoms with E-state index < -0.39 is 20.0 Å². The highest BCUT2D eigenvalue weighted by Gasteiger charge is 2.24. The number of hydrogen-bond donors (Lipinski definition) is 2. The van der Waals surface area contributed by atoms with Crippen LogP contribution in [-0.4, -0.2) is 28.4 Å². The van der Waals surface area contributed by atoms with Crippen LogP contribution in [0.25, 0.3) is 21.9 Å². The summed E-state index contributed by atoms with van der Waals surface area (Å²) in [5.41, 5.74) is 5.36. The molecule has 14 heteroatoms. The number of sulfonamides is 2. The maximum absolute atomic E-state index is 13.0. The average Bonchev–Trinajstić information content (AvgIpc) is 3.50. The summed E-state index contributed by atoms with van der Waals surface area (Å²) in [5, 5.41) is 1.43. The van der Waals surface area contributed by atoms with Gasteiger partial charge in [0.25, 0.3) is 20.0 Å². The molecule has 0 atom stereocenters. The Labute approximate surface area is 312 Å². The summed E-state index contributed by atoms with van der Waals surface area (Å²) in [6.45, 7) is 13.5. The Hall–Kier alpha value is -4.62. The van der Waals surface area contributed by atoms with Gasteiger partial charge in [0.2, 0.25) is 0 Å². The Morgan fingerprint density at radius 3 is 1.38 bits per heavy atom. The largest absolute Gasteiger partial charge is 0.461 e. The minimum absolute atomic E-state index is 0.129. The summed E-state index contributed by atoms with van der Waals surface area (Å²) in [7, 11) is -7.66. The second-order valence-corrected chi connectivity index (χ2v) is 16.7. The van der Waals surface area contributed by atoms with E-state index in [-0.39, 0.29) is 42.8 Å². The number of rotatable bonds is 8. The monoisotopic (exact) mass is 782 g/mol. The maximum Gasteiger partial charge on any atom is 0.262 e. The lowest BCUT2D eigenvalue weighted by Gasteiger charge is -2.15. The highest BCUT2D eigenvalue weighted by Crippen LogP contribution is 2.36. The standard InChI is InChI=1S/C20H20ClNO4S.C18H16ClNO4S/c1-10-6-11(2)20(12(3)7-10)27(24,25)22-17-8-15-18(9-16(17)21)26-14(5)19(15)13(4)23;1-10-4-6-13(7-5-10)25(22,23)20-16-8-14-17(9-15(16)19)24-12(3)18(14)11(2)21/h6-9,22H,1-5H3;4-9,20H,1-3H3. The van der Waals surface area contributed by atoms with Crippen molar-refractivity contribution in [3.63, 3.8) is 0 Å². The van der Waals surface area contributed by atoms with Crippen molar-refractivity contribution in [2.24, 2.45) is 0 Å². The van der Waals surface area contributed by atoms with Crippen LogP contribution in [0.4, 0.5) is 11.4 Å². The normalized spacial score (nSPS) is 11.7. The number of aryl methyl sites for hydroxylation is 6. The van der Waals surface area contributed by atoms with Crippen LogP contribution >= 0.6 is 23.2 Å². The van der Waals surface area contributed by atoms with E-state index in [2.05, 4.69) is 9.44 Å². The molecule has 52 heavy (non-hydrogen) atoms. The molecule has 0 aliphatic rings. The third-order valence-electron chi connectivity index (χ3n) is 8.30. The van der Waals surface area contributed by atoms with E-state index in [0.29, 0.717) is 55.7 Å². The van der Waals surface area contributed by atoms with Crippen LogP contribution in [0.2, 0.25) is 10.0 Å². The molecule has 2 N–H and O–H groups in total. The van der Waals surface area contributed by atoms with Crippen molar-refractivity contribution in [2.75, 3.05) is 9.44 Å². The third-order valence-corrected chi connectivity index (χ3v) is 12.0. The summed E-state index contributed by atoms with van der Waals surface area (Å²) >= 11 is 12.5. The lowest BCUT2D eigenvalue weighted by atomic mass is 10.1. The number of Topliss-reactive ketones (excluding diaryl/α,β-unsaturated/α-hetero) is 2. The molecule has 0 saturated carbocycles. The fourth-order valence-electron chi connectivity index (χ4n) is 6.22. The van der Waals surface area contributed by atoms with Gasteiger partial charge in [-0.1, -0.05) is 58.6 Å². The second-order valence-electron chi connectivity index (χ2n) is 12.6. The van der Waals surface area contributed by atoms with Crippen LogP contribution in [0.3, 0.4) is 0 Å². The molecule has 0 unspecified atom stereocenters. The molecule has 0 spiro atoms. The fourth-order valence-corrected chi connectivity index (χ4v) is 9.33. The van der Waals surface area contributed by atoms with Crippen molar-refractivity contribution < 1.29 is 35.3 Å². The van der Waals surface area contributed by atoms with Gasteiger partial charge >= 0.3 is 0 Å². The van der Waals surface area contributed by atoms with E-state index in [1.165, 1.54) is 44.2 Å². The van der Waals surface area contributed by atoms with Gasteiger partial charge in [-0.3, -0.25) is 19.0 Å². The minimum Gasteiger partial charge on any atom is -0.461 e. The van der Waals surface area contributed by atoms with E-state index in [1.54, 1.807) is 45.9 Å². The number of hydrogen-bond acceptors (Lipinski definition) is 8. The van der Waals surface area contributed by atoms with Crippen molar-refractivity contribution >= 4 is 88.1 Å². The number of carbonyl (C=O) groups excluding carboxylic acids is 2. The molecule has 6 aromatic rings. The van der Waals surface area contributed by atoms with Crippen molar-refractivity contribution in [1.82, 2.24) is 0 Å². The smallest absolute Gasteiger partial charge is 0.262 e. The van der Waals surface area contributed by atoms with Gasteiger partial charge in [0.05, 0.1) is 42.3 Å². The van der Waals surface area contributed by atoms with Gasteiger partial charge in [-0.05, 0) is 90.8 Å². The molecule has 272 valence electrons. The number of halogens is 2. The zero-order valence-electron chi connectivity index (χ0n) is 29.6. The lowest BCUT2D eigenvalue weighted by molar-refractivity contribution is 0.100. The first kappa shape index (κ1) is 38.6. The Bertz CT molecular complexity index is 2620. The highest BCUT2D eigenvalue weighted by molar-refractivity contribution is 7.93. The first-order valence-corrected chi connectivity index (χ1v) is 19.6. The predicted molar refractivity (Wildman–Crippen MR) is 205 cm³/mol. The van der Waals surface area contributed by atoms with Crippen molar-refractivity contribution in [3.05, 3.63) is 116 Å². The molecule has 0 aliphatic carbocycles. The molecule has 0 radical (unpaired) electrons. The van der Waals surface area contributed by atoms with Crippen LogP contribution in [0.15, 0.2) is 79.3 Å². The molecule has 0 bridgehead atoms. The van der Waals surface area contributed by atoms with Crippen LogP contribution in [0, 0.1) is 41.5 Å². The SMILES string of the molecule is CC(=O)c1c(C)oc2cc(Cl)c(NS(=O)(=O)c3c(C)cc(C)cc3C)cc12.CC(=O)c1c(C)oc2cc(Cl)c(NS(=O)(=O)c3ccc(C)cc3)cc12. The quantitative estimate of drug-likeness (QED) is 0.145. The molecule has 2 heterocycles. The fraction of sp³-hybridized carbons (Fsp3) is 0.211. The minimum atomic E-state index is -3.86. The molecule has 2 aromatic heterocycles. The maximum atomic E-state index is 13.0. The van der Waals surface area contributed by atoms with Gasteiger partial charge in [0.1, 0.15) is 22.7 Å². The number of carbonyl (C=O) groups is 2. The summed E-state index contributed by atoms with van der Waals surface area (Å²) < 4.78 is 67.3. The molecule has 0 aliphatic heterocycles.